The minimum atomic E-state index is -5.02. The maximum absolute atomic E-state index is 14.2. The van der Waals surface area contributed by atoms with Gasteiger partial charge >= 0.3 is 5.69 Å². The van der Waals surface area contributed by atoms with Crippen LogP contribution in [0.3, 0.4) is 0 Å². The Morgan fingerprint density at radius 3 is 2.20 bits per heavy atom. The average molecular weight is 673 g/mol. The molecule has 0 saturated heterocycles. The van der Waals surface area contributed by atoms with Crippen LogP contribution >= 0.6 is 11.6 Å². The van der Waals surface area contributed by atoms with E-state index in [2.05, 4.69) is 30.9 Å². The van der Waals surface area contributed by atoms with E-state index in [1.807, 2.05) is 0 Å². The standard InChI is InChI=1S/C22H18ClFN8O10S2/c1-2-3-4-12(7-8-43(37,38)39)26-21-28-20(23)29-22(30-21)27-15-6-5-13(9-19(15)44(40,41)42)25-16-10-14(24)17(31(33)34)11-18(16)32(35)36/h2-11,25H,1H3,(H,37,38,39)(H,40,41,42)(H2,26,27,28,29,30)/b3-2+,8-7+,12-4+. The highest BCUT2D eigenvalue weighted by Crippen LogP contribution is 2.35. The maximum atomic E-state index is 14.2. The third-order valence-corrected chi connectivity index (χ3v) is 6.54. The van der Waals surface area contributed by atoms with Gasteiger partial charge in [0.2, 0.25) is 23.0 Å². The zero-order chi connectivity index (χ0) is 32.8. The minimum Gasteiger partial charge on any atom is -0.350 e. The van der Waals surface area contributed by atoms with Gasteiger partial charge in [0.15, 0.2) is 0 Å². The van der Waals surface area contributed by atoms with Crippen molar-refractivity contribution in [1.82, 2.24) is 15.0 Å². The monoisotopic (exact) mass is 672 g/mol. The number of halogens is 2. The van der Waals surface area contributed by atoms with E-state index in [4.69, 9.17) is 16.2 Å². The Morgan fingerprint density at radius 2 is 1.61 bits per heavy atom. The van der Waals surface area contributed by atoms with Gasteiger partial charge in [0.25, 0.3) is 25.9 Å². The first-order valence-electron chi connectivity index (χ1n) is 11.4. The molecule has 2 aromatic carbocycles. The van der Waals surface area contributed by atoms with Gasteiger partial charge in [0.1, 0.15) is 10.6 Å². The number of anilines is 5. The Bertz CT molecular complexity index is 1950. The van der Waals surface area contributed by atoms with Gasteiger partial charge in [-0.25, -0.2) is 0 Å². The molecule has 1 heterocycles. The number of allylic oxidation sites excluding steroid dienone is 4. The lowest BCUT2D eigenvalue weighted by Crippen LogP contribution is -2.09. The molecule has 232 valence electrons. The predicted molar refractivity (Wildman–Crippen MR) is 155 cm³/mol. The number of aromatic nitrogens is 3. The third-order valence-electron chi connectivity index (χ3n) is 5.00. The maximum Gasteiger partial charge on any atom is 0.311 e. The summed E-state index contributed by atoms with van der Waals surface area (Å²) in [6.45, 7) is 1.67. The lowest BCUT2D eigenvalue weighted by molar-refractivity contribution is -0.395. The van der Waals surface area contributed by atoms with Crippen molar-refractivity contribution in [3.63, 3.8) is 0 Å². The predicted octanol–water partition coefficient (Wildman–Crippen LogP) is 4.49. The van der Waals surface area contributed by atoms with Crippen LogP contribution in [-0.4, -0.2) is 50.7 Å². The van der Waals surface area contributed by atoms with E-state index in [0.717, 1.165) is 24.3 Å². The van der Waals surface area contributed by atoms with E-state index in [9.17, 15) is 46.0 Å². The molecule has 0 saturated carbocycles. The quantitative estimate of drug-likeness (QED) is 0.0767. The number of nitro benzene ring substituents is 2. The molecule has 5 N–H and O–H groups in total. The van der Waals surface area contributed by atoms with Gasteiger partial charge in [0, 0.05) is 17.5 Å². The van der Waals surface area contributed by atoms with Gasteiger partial charge in [0.05, 0.1) is 27.0 Å². The fourth-order valence-corrected chi connectivity index (χ4v) is 4.38. The Kier molecular flexibility index (Phi) is 10.2. The Morgan fingerprint density at radius 1 is 0.955 bits per heavy atom. The third kappa shape index (κ3) is 9.20. The van der Waals surface area contributed by atoms with Crippen LogP contribution in [0.5, 0.6) is 0 Å². The van der Waals surface area contributed by atoms with Crippen LogP contribution < -0.4 is 16.0 Å². The first kappa shape index (κ1) is 33.4. The summed E-state index contributed by atoms with van der Waals surface area (Å²) >= 11 is 5.95. The van der Waals surface area contributed by atoms with Crippen molar-refractivity contribution in [1.29, 1.82) is 0 Å². The second-order valence-electron chi connectivity index (χ2n) is 8.11. The highest BCUT2D eigenvalue weighted by atomic mass is 35.5. The van der Waals surface area contributed by atoms with Crippen LogP contribution in [0.2, 0.25) is 5.28 Å². The van der Waals surface area contributed by atoms with Crippen LogP contribution in [0.15, 0.2) is 70.6 Å². The molecule has 0 atom stereocenters. The molecular weight excluding hydrogens is 655 g/mol. The second-order valence-corrected chi connectivity index (χ2v) is 11.1. The van der Waals surface area contributed by atoms with E-state index < -0.39 is 63.1 Å². The number of hydrogen-bond donors (Lipinski definition) is 5. The lowest BCUT2D eigenvalue weighted by atomic mass is 10.2. The SMILES string of the molecule is C/C=C/C=C(\C=C\S(=O)(=O)O)Nc1nc(Cl)nc(Nc2ccc(Nc3cc(F)c([N+](=O)[O-])cc3[N+](=O)[O-])cc2S(=O)(=O)O)n1. The molecule has 18 nitrogen and oxygen atoms in total. The fourth-order valence-electron chi connectivity index (χ4n) is 3.22. The molecule has 0 bridgehead atoms. The summed E-state index contributed by atoms with van der Waals surface area (Å²) in [7, 11) is -9.51. The Labute approximate surface area is 251 Å². The molecule has 0 aliphatic rings. The molecule has 0 amide bonds. The van der Waals surface area contributed by atoms with Crippen molar-refractivity contribution in [2.75, 3.05) is 16.0 Å². The number of nitro groups is 2. The summed E-state index contributed by atoms with van der Waals surface area (Å²) in [6.07, 6.45) is 5.47. The lowest BCUT2D eigenvalue weighted by Gasteiger charge is -2.13. The van der Waals surface area contributed by atoms with Crippen LogP contribution in [0.25, 0.3) is 0 Å². The second kappa shape index (κ2) is 13.5. The smallest absolute Gasteiger partial charge is 0.311 e. The van der Waals surface area contributed by atoms with Crippen molar-refractivity contribution in [2.45, 2.75) is 11.8 Å². The minimum absolute atomic E-state index is 0.0553. The molecular formula is C22H18ClFN8O10S2. The number of nitrogens with one attached hydrogen (secondary N) is 3. The summed E-state index contributed by atoms with van der Waals surface area (Å²) < 4.78 is 79.6. The molecule has 22 heteroatoms. The zero-order valence-corrected chi connectivity index (χ0v) is 24.1. The molecule has 3 rings (SSSR count). The molecule has 0 radical (unpaired) electrons. The first-order chi connectivity index (χ1) is 20.5. The van der Waals surface area contributed by atoms with E-state index in [1.54, 1.807) is 13.0 Å². The summed E-state index contributed by atoms with van der Waals surface area (Å²) in [5, 5.41) is 30.0. The fraction of sp³-hybridized carbons (Fsp3) is 0.0455. The van der Waals surface area contributed by atoms with Crippen molar-refractivity contribution in [3.05, 3.63) is 97.1 Å². The Hall–Kier alpha value is -5.09. The van der Waals surface area contributed by atoms with Gasteiger partial charge in [-0.3, -0.25) is 29.3 Å². The zero-order valence-electron chi connectivity index (χ0n) is 21.7. The van der Waals surface area contributed by atoms with Gasteiger partial charge < -0.3 is 16.0 Å². The van der Waals surface area contributed by atoms with Crippen molar-refractivity contribution < 1.29 is 40.2 Å². The molecule has 0 spiro atoms. The van der Waals surface area contributed by atoms with E-state index in [1.165, 1.54) is 12.2 Å². The topological polar surface area (TPSA) is 270 Å². The van der Waals surface area contributed by atoms with Crippen molar-refractivity contribution in [3.8, 4) is 0 Å². The van der Waals surface area contributed by atoms with Gasteiger partial charge in [-0.15, -0.1) is 0 Å². The summed E-state index contributed by atoms with van der Waals surface area (Å²) in [4.78, 5) is 31.0. The highest BCUT2D eigenvalue weighted by molar-refractivity contribution is 7.88. The number of rotatable bonds is 12. The Balaban J connectivity index is 2.00. The summed E-state index contributed by atoms with van der Waals surface area (Å²) in [6, 6.07) is 3.88. The van der Waals surface area contributed by atoms with Crippen molar-refractivity contribution in [2.24, 2.45) is 0 Å². The van der Waals surface area contributed by atoms with Crippen LogP contribution in [0, 0.1) is 26.0 Å². The van der Waals surface area contributed by atoms with E-state index >= 15 is 0 Å². The molecule has 0 aliphatic carbocycles. The molecule has 1 aromatic heterocycles. The van der Waals surface area contributed by atoms with Gasteiger partial charge in [-0.1, -0.05) is 12.2 Å². The number of nitrogens with zero attached hydrogens (tertiary/aromatic N) is 5. The highest BCUT2D eigenvalue weighted by Gasteiger charge is 2.26. The van der Waals surface area contributed by atoms with Crippen LogP contribution in [0.4, 0.5) is 44.7 Å². The molecule has 44 heavy (non-hydrogen) atoms. The summed E-state index contributed by atoms with van der Waals surface area (Å²) in [5.41, 5.74) is -3.14. The molecule has 0 aliphatic heterocycles. The van der Waals surface area contributed by atoms with E-state index in [0.29, 0.717) is 17.5 Å². The van der Waals surface area contributed by atoms with Crippen LogP contribution in [-0.2, 0) is 20.2 Å². The molecule has 0 fully saturated rings. The average Bonchev–Trinajstić information content (AvgIpc) is 2.89. The summed E-state index contributed by atoms with van der Waals surface area (Å²) in [5.74, 6) is -2.07. The first-order valence-corrected chi connectivity index (χ1v) is 14.7. The van der Waals surface area contributed by atoms with Crippen molar-refractivity contribution >= 4 is 72.2 Å². The van der Waals surface area contributed by atoms with E-state index in [-0.39, 0.29) is 29.0 Å². The van der Waals surface area contributed by atoms with Crippen LogP contribution in [0.1, 0.15) is 6.92 Å². The molecule has 3 aromatic rings. The normalized spacial score (nSPS) is 12.4. The van der Waals surface area contributed by atoms with Gasteiger partial charge in [-0.2, -0.15) is 36.2 Å². The number of benzene rings is 2. The molecule has 0 unspecified atom stereocenters. The largest absolute Gasteiger partial charge is 0.350 e. The number of hydrogen-bond acceptors (Lipinski definition) is 14. The van der Waals surface area contributed by atoms with Gasteiger partial charge in [-0.05, 0) is 48.9 Å².